The highest BCUT2D eigenvalue weighted by Gasteiger charge is 2.40. The van der Waals surface area contributed by atoms with Crippen molar-refractivity contribution in [2.45, 2.75) is 110 Å². The predicted molar refractivity (Wildman–Crippen MR) is 219 cm³/mol. The summed E-state index contributed by atoms with van der Waals surface area (Å²) < 4.78 is 50.5. The second kappa shape index (κ2) is 20.2. The molecule has 2 amide bonds. The monoisotopic (exact) mass is 860 g/mol. The summed E-state index contributed by atoms with van der Waals surface area (Å²) in [4.78, 5) is 33.2. The third kappa shape index (κ3) is 14.7. The van der Waals surface area contributed by atoms with E-state index >= 15 is 0 Å². The highest BCUT2D eigenvalue weighted by Crippen LogP contribution is 2.31. The van der Waals surface area contributed by atoms with Gasteiger partial charge in [-0.3, -0.25) is 9.97 Å². The molecule has 59 heavy (non-hydrogen) atoms. The van der Waals surface area contributed by atoms with Gasteiger partial charge in [0, 0.05) is 25.2 Å². The van der Waals surface area contributed by atoms with Crippen LogP contribution in [-0.2, 0) is 31.8 Å². The number of pyridine rings is 2. The number of aliphatic hydroxyl groups is 2. The van der Waals surface area contributed by atoms with Crippen molar-refractivity contribution >= 4 is 35.4 Å². The van der Waals surface area contributed by atoms with Gasteiger partial charge in [0.25, 0.3) is 0 Å². The van der Waals surface area contributed by atoms with Crippen molar-refractivity contribution in [3.63, 3.8) is 0 Å². The highest BCUT2D eigenvalue weighted by molar-refractivity contribution is 6.31. The Morgan fingerprint density at radius 3 is 1.69 bits per heavy atom. The summed E-state index contributed by atoms with van der Waals surface area (Å²) in [5.41, 5.74) is 2.02. The number of aromatic nitrogens is 2. The SMILES string of the molecule is CC(C)(C)OC(=O)NC(c1ccc(Cc2cccc(Cl)c2F)cn1)[C@H](O)CO.CC(C)(C)OC(=O)NC(c1ccc(Cc2cccc(Cl)c2F)cn1)[C@H]1COC(C)(C)O1. The first-order valence-corrected chi connectivity index (χ1v) is 19.6. The Morgan fingerprint density at radius 2 is 1.29 bits per heavy atom. The Labute approximate surface area is 353 Å². The van der Waals surface area contributed by atoms with Gasteiger partial charge < -0.3 is 39.8 Å². The van der Waals surface area contributed by atoms with E-state index in [0.29, 0.717) is 35.5 Å². The van der Waals surface area contributed by atoms with Gasteiger partial charge in [0.15, 0.2) is 5.79 Å². The van der Waals surface area contributed by atoms with Gasteiger partial charge in [0.2, 0.25) is 0 Å². The number of carbonyl (C=O) groups excluding carboxylic acids is 2. The number of carbonyl (C=O) groups is 2. The molecule has 0 saturated carbocycles. The van der Waals surface area contributed by atoms with Crippen LogP contribution < -0.4 is 10.6 Å². The van der Waals surface area contributed by atoms with Gasteiger partial charge >= 0.3 is 12.2 Å². The number of halogens is 4. The van der Waals surface area contributed by atoms with Gasteiger partial charge in [-0.15, -0.1) is 0 Å². The first-order chi connectivity index (χ1) is 27.5. The van der Waals surface area contributed by atoms with Crippen LogP contribution in [-0.4, -0.2) is 74.8 Å². The number of hydrogen-bond acceptors (Lipinski definition) is 10. The quantitative estimate of drug-likeness (QED) is 0.115. The Hall–Kier alpha value is -4.44. The smallest absolute Gasteiger partial charge is 0.408 e. The summed E-state index contributed by atoms with van der Waals surface area (Å²) >= 11 is 11.7. The van der Waals surface area contributed by atoms with E-state index in [1.807, 2.05) is 19.9 Å². The maximum atomic E-state index is 14.2. The average molecular weight is 862 g/mol. The first-order valence-electron chi connectivity index (χ1n) is 18.9. The summed E-state index contributed by atoms with van der Waals surface area (Å²) in [5.74, 6) is -1.67. The van der Waals surface area contributed by atoms with Gasteiger partial charge in [-0.05, 0) is 102 Å². The van der Waals surface area contributed by atoms with Crippen LogP contribution in [0.15, 0.2) is 73.1 Å². The van der Waals surface area contributed by atoms with Crippen LogP contribution in [0.2, 0.25) is 10.0 Å². The Kier molecular flexibility index (Phi) is 16.2. The van der Waals surface area contributed by atoms with E-state index in [9.17, 15) is 28.6 Å². The van der Waals surface area contributed by atoms with Crippen LogP contribution in [0, 0.1) is 11.6 Å². The van der Waals surface area contributed by atoms with Crippen LogP contribution in [0.25, 0.3) is 0 Å². The maximum absolute atomic E-state index is 14.2. The van der Waals surface area contributed by atoms with Crippen molar-refractivity contribution < 1.29 is 47.5 Å². The van der Waals surface area contributed by atoms with E-state index in [1.165, 1.54) is 18.3 Å². The minimum Gasteiger partial charge on any atom is -0.444 e. The average Bonchev–Trinajstić information content (AvgIpc) is 3.51. The van der Waals surface area contributed by atoms with Gasteiger partial charge in [0.05, 0.1) is 34.6 Å². The van der Waals surface area contributed by atoms with Crippen LogP contribution >= 0.6 is 23.2 Å². The fraction of sp³-hybridized carbons (Fsp3) is 0.442. The molecule has 2 aromatic heterocycles. The molecule has 2 unspecified atom stereocenters. The number of nitrogens with one attached hydrogen (secondary N) is 2. The summed E-state index contributed by atoms with van der Waals surface area (Å²) in [6, 6.07) is 15.1. The third-order valence-corrected chi connectivity index (χ3v) is 9.09. The zero-order chi connectivity index (χ0) is 43.7. The van der Waals surface area contributed by atoms with E-state index in [1.54, 1.807) is 90.2 Å². The number of nitrogens with zero attached hydrogens (tertiary/aromatic N) is 2. The molecule has 0 bridgehead atoms. The van der Waals surface area contributed by atoms with Gasteiger partial charge in [0.1, 0.15) is 47.1 Å². The maximum Gasteiger partial charge on any atom is 0.408 e. The van der Waals surface area contributed by atoms with Crippen molar-refractivity contribution in [2.24, 2.45) is 0 Å². The number of amides is 2. The number of benzene rings is 2. The Balaban J connectivity index is 0.000000262. The largest absolute Gasteiger partial charge is 0.444 e. The van der Waals surface area contributed by atoms with E-state index in [2.05, 4.69) is 20.6 Å². The molecule has 0 spiro atoms. The lowest BCUT2D eigenvalue weighted by atomic mass is 10.0. The second-order valence-corrected chi connectivity index (χ2v) is 17.1. The predicted octanol–water partition coefficient (Wildman–Crippen LogP) is 8.57. The Morgan fingerprint density at radius 1 is 0.814 bits per heavy atom. The minimum absolute atomic E-state index is 0.0507. The lowest BCUT2D eigenvalue weighted by Gasteiger charge is -2.27. The van der Waals surface area contributed by atoms with Crippen molar-refractivity contribution in [1.82, 2.24) is 20.6 Å². The molecule has 4 aromatic rings. The van der Waals surface area contributed by atoms with E-state index in [-0.39, 0.29) is 16.5 Å². The van der Waals surface area contributed by atoms with Crippen LogP contribution in [0.1, 0.15) is 101 Å². The van der Waals surface area contributed by atoms with E-state index in [4.69, 9.17) is 42.1 Å². The molecule has 5 rings (SSSR count). The first kappa shape index (κ1) is 47.2. The molecule has 320 valence electrons. The standard InChI is InChI=1S/C23H28ClFN2O4.C20H24ClFN2O4/c1-22(2,3)31-21(28)27-20(18-13-29-23(4,5)30-18)17-10-9-14(12-26-17)11-15-7-6-8-16(24)19(15)25;1-20(2,3)28-19(27)24-18(16(26)11-25)15-8-7-12(10-23-15)9-13-5-4-6-14(21)17(13)22/h6-10,12,18,20H,11,13H2,1-5H3,(H,27,28);4-8,10,16,18,25-26H,9,11H2,1-3H3,(H,24,27)/t18-,20?;16-,18?/m11/s1. The van der Waals surface area contributed by atoms with Gasteiger partial charge in [-0.2, -0.15) is 0 Å². The third-order valence-electron chi connectivity index (χ3n) is 8.50. The molecular formula is C43H52Cl2F2N4O8. The van der Waals surface area contributed by atoms with E-state index < -0.39 is 71.7 Å². The fourth-order valence-electron chi connectivity index (χ4n) is 5.84. The van der Waals surface area contributed by atoms with Crippen molar-refractivity contribution in [3.8, 4) is 0 Å². The van der Waals surface area contributed by atoms with Crippen LogP contribution in [0.5, 0.6) is 0 Å². The molecule has 1 aliphatic rings. The minimum atomic E-state index is -1.27. The second-order valence-electron chi connectivity index (χ2n) is 16.3. The molecule has 2 aromatic carbocycles. The molecule has 4 N–H and O–H groups in total. The molecule has 3 heterocycles. The molecule has 1 aliphatic heterocycles. The summed E-state index contributed by atoms with van der Waals surface area (Å²) in [6.07, 6.45) is 0.785. The van der Waals surface area contributed by atoms with Crippen molar-refractivity contribution in [3.05, 3.63) is 128 Å². The fourth-order valence-corrected chi connectivity index (χ4v) is 6.23. The van der Waals surface area contributed by atoms with Gasteiger partial charge in [-0.1, -0.05) is 59.6 Å². The lowest BCUT2D eigenvalue weighted by Crippen LogP contribution is -2.41. The summed E-state index contributed by atoms with van der Waals surface area (Å²) in [5, 5.41) is 24.9. The molecule has 12 nitrogen and oxygen atoms in total. The zero-order valence-corrected chi connectivity index (χ0v) is 35.8. The number of alkyl carbamates (subject to hydrolysis) is 2. The van der Waals surface area contributed by atoms with E-state index in [0.717, 1.165) is 11.1 Å². The zero-order valence-electron chi connectivity index (χ0n) is 34.3. The molecular weight excluding hydrogens is 809 g/mol. The van der Waals surface area contributed by atoms with Gasteiger partial charge in [-0.25, -0.2) is 18.4 Å². The summed E-state index contributed by atoms with van der Waals surface area (Å²) in [6.45, 7) is 13.9. The number of aliphatic hydroxyl groups excluding tert-OH is 2. The molecule has 1 saturated heterocycles. The van der Waals surface area contributed by atoms with Crippen LogP contribution in [0.3, 0.4) is 0 Å². The van der Waals surface area contributed by atoms with Crippen LogP contribution in [0.4, 0.5) is 18.4 Å². The number of hydrogen-bond donors (Lipinski definition) is 4. The molecule has 0 radical (unpaired) electrons. The highest BCUT2D eigenvalue weighted by atomic mass is 35.5. The van der Waals surface area contributed by atoms with Crippen molar-refractivity contribution in [1.29, 1.82) is 0 Å². The topological polar surface area (TPSA) is 161 Å². The normalized spacial score (nSPS) is 16.5. The molecule has 1 fully saturated rings. The lowest BCUT2D eigenvalue weighted by molar-refractivity contribution is -0.142. The molecule has 4 atom stereocenters. The summed E-state index contributed by atoms with van der Waals surface area (Å²) in [7, 11) is 0. The Bertz CT molecular complexity index is 2030. The number of ether oxygens (including phenoxy) is 4. The molecule has 16 heteroatoms. The van der Waals surface area contributed by atoms with Crippen molar-refractivity contribution in [2.75, 3.05) is 13.2 Å². The molecule has 0 aliphatic carbocycles. The number of rotatable bonds is 11.